The first kappa shape index (κ1) is 31.6. The summed E-state index contributed by atoms with van der Waals surface area (Å²) in [6, 6.07) is 11.8. The van der Waals surface area contributed by atoms with Crippen molar-refractivity contribution in [2.45, 2.75) is 85.9 Å². The van der Waals surface area contributed by atoms with Crippen LogP contribution in [0, 0.1) is 0 Å². The summed E-state index contributed by atoms with van der Waals surface area (Å²) < 4.78 is 17.9. The number of phenols is 1. The number of rotatable bonds is 8. The molecular weight excluding hydrogens is 530 g/mol. The Morgan fingerprint density at radius 2 is 1.71 bits per heavy atom. The molecule has 0 atom stereocenters. The Morgan fingerprint density at radius 3 is 2.26 bits per heavy atom. The van der Waals surface area contributed by atoms with Gasteiger partial charge in [-0.05, 0) is 77.1 Å². The van der Waals surface area contributed by atoms with Crippen LogP contribution < -0.4 is 4.74 Å². The zero-order valence-corrected chi connectivity index (χ0v) is 26.7. The molecule has 8 nitrogen and oxygen atoms in total. The van der Waals surface area contributed by atoms with E-state index in [4.69, 9.17) is 14.0 Å². The van der Waals surface area contributed by atoms with Crippen LogP contribution in [-0.2, 0) is 11.3 Å². The molecular formula is C34H47N3O5. The highest BCUT2D eigenvalue weighted by molar-refractivity contribution is 6.03. The van der Waals surface area contributed by atoms with Gasteiger partial charge in [0, 0.05) is 37.8 Å². The van der Waals surface area contributed by atoms with E-state index in [0.29, 0.717) is 29.2 Å². The summed E-state index contributed by atoms with van der Waals surface area (Å²) in [5.74, 6) is 0.908. The van der Waals surface area contributed by atoms with Crippen LogP contribution in [0.1, 0.15) is 89.8 Å². The molecule has 2 heterocycles. The lowest BCUT2D eigenvalue weighted by atomic mass is 9.93. The van der Waals surface area contributed by atoms with Crippen LogP contribution in [0.5, 0.6) is 11.5 Å². The van der Waals surface area contributed by atoms with E-state index >= 15 is 0 Å². The minimum Gasteiger partial charge on any atom is -0.508 e. The van der Waals surface area contributed by atoms with Crippen molar-refractivity contribution in [2.24, 2.45) is 0 Å². The second kappa shape index (κ2) is 12.5. The lowest BCUT2D eigenvalue weighted by molar-refractivity contribution is 0.0342. The Morgan fingerprint density at radius 1 is 1.07 bits per heavy atom. The summed E-state index contributed by atoms with van der Waals surface area (Å²) in [7, 11) is 0. The van der Waals surface area contributed by atoms with E-state index in [1.807, 2.05) is 80.5 Å². The van der Waals surface area contributed by atoms with Crippen molar-refractivity contribution in [2.75, 3.05) is 32.8 Å². The van der Waals surface area contributed by atoms with Gasteiger partial charge in [0.15, 0.2) is 11.5 Å². The molecule has 8 heteroatoms. The summed E-state index contributed by atoms with van der Waals surface area (Å²) in [5.41, 5.74) is 3.32. The number of nitrogens with zero attached hydrogens (tertiary/aromatic N) is 3. The SMILES string of the molecule is CCN(C(=O)c1noc(-c2cc(C(C)C)c(O)cc2OC(C)(C)C)c1-c1ccc(CN2CCOCC2)cc1)C(C)(C)C. The zero-order chi connectivity index (χ0) is 30.8. The number of hydrogen-bond donors (Lipinski definition) is 1. The molecule has 1 amide bonds. The highest BCUT2D eigenvalue weighted by atomic mass is 16.5. The van der Waals surface area contributed by atoms with Crippen LogP contribution in [0.4, 0.5) is 0 Å². The molecule has 2 aromatic carbocycles. The molecule has 228 valence electrons. The van der Waals surface area contributed by atoms with Gasteiger partial charge in [0.05, 0.1) is 24.3 Å². The zero-order valence-electron chi connectivity index (χ0n) is 26.7. The Hall–Kier alpha value is -3.36. The smallest absolute Gasteiger partial charge is 0.277 e. The van der Waals surface area contributed by atoms with Crippen molar-refractivity contribution in [3.8, 4) is 33.9 Å². The average Bonchev–Trinajstić information content (AvgIpc) is 3.33. The Labute approximate surface area is 250 Å². The van der Waals surface area contributed by atoms with E-state index in [0.717, 1.165) is 44.0 Å². The quantitative estimate of drug-likeness (QED) is 0.305. The average molecular weight is 578 g/mol. The predicted octanol–water partition coefficient (Wildman–Crippen LogP) is 7.11. The fourth-order valence-corrected chi connectivity index (χ4v) is 5.37. The van der Waals surface area contributed by atoms with Gasteiger partial charge in [-0.1, -0.05) is 43.3 Å². The van der Waals surface area contributed by atoms with Crippen LogP contribution in [0.15, 0.2) is 40.9 Å². The Kier molecular flexibility index (Phi) is 9.38. The summed E-state index contributed by atoms with van der Waals surface area (Å²) in [6.07, 6.45) is 0. The highest BCUT2D eigenvalue weighted by Crippen LogP contribution is 2.45. The molecule has 42 heavy (non-hydrogen) atoms. The summed E-state index contributed by atoms with van der Waals surface area (Å²) >= 11 is 0. The number of aromatic hydroxyl groups is 1. The molecule has 1 N–H and O–H groups in total. The van der Waals surface area contributed by atoms with Gasteiger partial charge >= 0.3 is 0 Å². The van der Waals surface area contributed by atoms with Gasteiger partial charge in [-0.15, -0.1) is 0 Å². The van der Waals surface area contributed by atoms with Crippen molar-refractivity contribution in [3.63, 3.8) is 0 Å². The Balaban J connectivity index is 1.89. The molecule has 0 bridgehead atoms. The minimum absolute atomic E-state index is 0.0517. The van der Waals surface area contributed by atoms with Crippen LogP contribution in [0.3, 0.4) is 0 Å². The second-order valence-electron chi connectivity index (χ2n) is 13.3. The van der Waals surface area contributed by atoms with Crippen LogP contribution in [0.2, 0.25) is 0 Å². The molecule has 4 rings (SSSR count). The van der Waals surface area contributed by atoms with E-state index in [2.05, 4.69) is 22.2 Å². The predicted molar refractivity (Wildman–Crippen MR) is 166 cm³/mol. The number of hydrogen-bond acceptors (Lipinski definition) is 7. The van der Waals surface area contributed by atoms with Gasteiger partial charge in [-0.25, -0.2) is 0 Å². The Bertz CT molecular complexity index is 1370. The first-order chi connectivity index (χ1) is 19.7. The van der Waals surface area contributed by atoms with Gasteiger partial charge < -0.3 is 24.0 Å². The maximum Gasteiger partial charge on any atom is 0.277 e. The van der Waals surface area contributed by atoms with Crippen LogP contribution >= 0.6 is 0 Å². The lowest BCUT2D eigenvalue weighted by Crippen LogP contribution is -2.45. The molecule has 1 fully saturated rings. The molecule has 1 aliphatic rings. The number of aromatic nitrogens is 1. The van der Waals surface area contributed by atoms with E-state index in [1.54, 1.807) is 11.0 Å². The van der Waals surface area contributed by atoms with Crippen LogP contribution in [-0.4, -0.2) is 70.0 Å². The standard InChI is InChI=1S/C34H47N3O5/c1-10-37(33(4,5)6)32(39)30-29(24-13-11-23(12-14-24)21-36-15-17-40-18-16-36)31(42-35-30)26-19-25(22(2)3)27(38)20-28(26)41-34(7,8)9/h11-14,19-20,22,38H,10,15-18,21H2,1-9H3. The largest absolute Gasteiger partial charge is 0.508 e. The molecule has 0 aliphatic carbocycles. The first-order valence-electron chi connectivity index (χ1n) is 15.0. The second-order valence-corrected chi connectivity index (χ2v) is 13.3. The van der Waals surface area contributed by atoms with Crippen molar-refractivity contribution in [1.82, 2.24) is 15.0 Å². The number of carbonyl (C=O) groups excluding carboxylic acids is 1. The molecule has 1 aliphatic heterocycles. The van der Waals surface area contributed by atoms with Gasteiger partial charge in [0.1, 0.15) is 17.1 Å². The van der Waals surface area contributed by atoms with E-state index < -0.39 is 11.1 Å². The van der Waals surface area contributed by atoms with Crippen molar-refractivity contribution >= 4 is 5.91 Å². The number of carbonyl (C=O) groups is 1. The molecule has 0 radical (unpaired) electrons. The number of phenolic OH excluding ortho intramolecular Hbond substituents is 1. The van der Waals surface area contributed by atoms with Crippen LogP contribution in [0.25, 0.3) is 22.5 Å². The molecule has 1 saturated heterocycles. The van der Waals surface area contributed by atoms with Gasteiger partial charge in [0.25, 0.3) is 5.91 Å². The normalized spacial score (nSPS) is 14.8. The maximum atomic E-state index is 14.0. The third-order valence-electron chi connectivity index (χ3n) is 7.43. The minimum atomic E-state index is -0.536. The van der Waals surface area contributed by atoms with Gasteiger partial charge in [-0.2, -0.15) is 0 Å². The number of morpholine rings is 1. The van der Waals surface area contributed by atoms with Crippen molar-refractivity contribution in [3.05, 3.63) is 53.2 Å². The molecule has 0 spiro atoms. The monoisotopic (exact) mass is 577 g/mol. The number of amides is 1. The fraction of sp³-hybridized carbons (Fsp3) is 0.529. The third kappa shape index (κ3) is 7.16. The lowest BCUT2D eigenvalue weighted by Gasteiger charge is -2.34. The number of benzene rings is 2. The molecule has 0 saturated carbocycles. The summed E-state index contributed by atoms with van der Waals surface area (Å²) in [5, 5.41) is 15.3. The molecule has 1 aromatic heterocycles. The van der Waals surface area contributed by atoms with E-state index in [9.17, 15) is 9.90 Å². The summed E-state index contributed by atoms with van der Waals surface area (Å²) in [4.78, 5) is 18.2. The first-order valence-corrected chi connectivity index (χ1v) is 15.0. The highest BCUT2D eigenvalue weighted by Gasteiger charge is 2.34. The number of ether oxygens (including phenoxy) is 2. The molecule has 3 aromatic rings. The van der Waals surface area contributed by atoms with E-state index in [-0.39, 0.29) is 23.3 Å². The topological polar surface area (TPSA) is 88.3 Å². The third-order valence-corrected chi connectivity index (χ3v) is 7.43. The van der Waals surface area contributed by atoms with E-state index in [1.165, 1.54) is 5.56 Å². The van der Waals surface area contributed by atoms with Gasteiger partial charge in [0.2, 0.25) is 0 Å². The summed E-state index contributed by atoms with van der Waals surface area (Å²) in [6.45, 7) is 22.6. The fourth-order valence-electron chi connectivity index (χ4n) is 5.37. The van der Waals surface area contributed by atoms with Crippen molar-refractivity contribution in [1.29, 1.82) is 0 Å². The van der Waals surface area contributed by atoms with Crippen molar-refractivity contribution < 1.29 is 23.9 Å². The van der Waals surface area contributed by atoms with Gasteiger partial charge in [-0.3, -0.25) is 9.69 Å². The molecule has 0 unspecified atom stereocenters. The maximum absolute atomic E-state index is 14.0.